The summed E-state index contributed by atoms with van der Waals surface area (Å²) >= 11 is 0. The summed E-state index contributed by atoms with van der Waals surface area (Å²) in [4.78, 5) is 4.82. The fraction of sp³-hybridized carbons (Fsp3) is 0.222. The lowest BCUT2D eigenvalue weighted by atomic mass is 10.0. The quantitative estimate of drug-likeness (QED) is 0.506. The number of nitriles is 1. The Hall–Kier alpha value is -2.40. The third-order valence-electron chi connectivity index (χ3n) is 3.64. The minimum Gasteiger partial charge on any atom is -0.252 e. The van der Waals surface area contributed by atoms with Gasteiger partial charge in [0.15, 0.2) is 0 Å². The van der Waals surface area contributed by atoms with E-state index in [2.05, 4.69) is 48.5 Å². The van der Waals surface area contributed by atoms with Crippen molar-refractivity contribution >= 4 is 21.7 Å². The van der Waals surface area contributed by atoms with Gasteiger partial charge in [0.25, 0.3) is 0 Å². The van der Waals surface area contributed by atoms with Crippen molar-refractivity contribution in [3.63, 3.8) is 0 Å². The van der Waals surface area contributed by atoms with Crippen molar-refractivity contribution in [3.05, 3.63) is 54.2 Å². The third kappa shape index (κ3) is 2.35. The smallest absolute Gasteiger partial charge is 0.0711 e. The minimum absolute atomic E-state index is 0.630. The van der Waals surface area contributed by atoms with Crippen LogP contribution in [0.1, 0.15) is 25.0 Å². The zero-order valence-corrected chi connectivity index (χ0v) is 11.3. The second kappa shape index (κ2) is 5.71. The topological polar surface area (TPSA) is 36.7 Å². The summed E-state index contributed by atoms with van der Waals surface area (Å²) in [5.41, 5.74) is 2.21. The summed E-state index contributed by atoms with van der Waals surface area (Å²) in [6.07, 6.45) is 3.53. The maximum absolute atomic E-state index is 8.61. The van der Waals surface area contributed by atoms with Gasteiger partial charge in [0.05, 0.1) is 11.6 Å². The van der Waals surface area contributed by atoms with Crippen molar-refractivity contribution in [3.8, 4) is 6.07 Å². The van der Waals surface area contributed by atoms with Crippen LogP contribution in [0.15, 0.2) is 48.5 Å². The highest BCUT2D eigenvalue weighted by molar-refractivity contribution is 6.06. The van der Waals surface area contributed by atoms with E-state index in [0.717, 1.165) is 30.5 Å². The lowest BCUT2D eigenvalue weighted by Gasteiger charge is -2.09. The van der Waals surface area contributed by atoms with Crippen molar-refractivity contribution in [1.82, 2.24) is 4.98 Å². The molecule has 20 heavy (non-hydrogen) atoms. The number of aryl methyl sites for hydroxylation is 1. The highest BCUT2D eigenvalue weighted by Gasteiger charge is 2.07. The van der Waals surface area contributed by atoms with Gasteiger partial charge in [-0.25, -0.2) is 0 Å². The molecule has 0 radical (unpaired) electrons. The SMILES string of the molecule is N#CCCCCc1nc2ccccc2c2ccccc12. The number of aromatic nitrogens is 1. The molecule has 0 bridgehead atoms. The molecule has 0 aliphatic rings. The molecule has 2 heteroatoms. The van der Waals surface area contributed by atoms with Crippen LogP contribution in [0.3, 0.4) is 0 Å². The molecule has 0 atom stereocenters. The summed E-state index contributed by atoms with van der Waals surface area (Å²) in [6, 6.07) is 18.9. The first-order valence-corrected chi connectivity index (χ1v) is 7.03. The van der Waals surface area contributed by atoms with Gasteiger partial charge in [0.1, 0.15) is 0 Å². The molecule has 0 aliphatic carbocycles. The van der Waals surface area contributed by atoms with Crippen LogP contribution in [0.5, 0.6) is 0 Å². The van der Waals surface area contributed by atoms with Gasteiger partial charge in [-0.2, -0.15) is 5.26 Å². The van der Waals surface area contributed by atoms with Crippen molar-refractivity contribution in [2.45, 2.75) is 25.7 Å². The molecular formula is C18H16N2. The van der Waals surface area contributed by atoms with Crippen molar-refractivity contribution in [2.75, 3.05) is 0 Å². The Labute approximate surface area is 118 Å². The Morgan fingerprint density at radius 1 is 0.850 bits per heavy atom. The Bertz CT molecular complexity index is 784. The minimum atomic E-state index is 0.630. The number of unbranched alkanes of at least 4 members (excludes halogenated alkanes) is 2. The van der Waals surface area contributed by atoms with Crippen LogP contribution in [0.4, 0.5) is 0 Å². The molecule has 0 unspecified atom stereocenters. The Balaban J connectivity index is 2.07. The fourth-order valence-electron chi connectivity index (χ4n) is 2.66. The highest BCUT2D eigenvalue weighted by atomic mass is 14.7. The van der Waals surface area contributed by atoms with E-state index in [4.69, 9.17) is 10.2 Å². The molecule has 1 aromatic heterocycles. The number of para-hydroxylation sites is 1. The van der Waals surface area contributed by atoms with Crippen LogP contribution < -0.4 is 0 Å². The Morgan fingerprint density at radius 3 is 2.35 bits per heavy atom. The first-order valence-electron chi connectivity index (χ1n) is 7.03. The number of pyridine rings is 1. The average molecular weight is 260 g/mol. The molecule has 3 rings (SSSR count). The number of rotatable bonds is 4. The van der Waals surface area contributed by atoms with Crippen LogP contribution in [0.25, 0.3) is 21.7 Å². The molecule has 0 aliphatic heterocycles. The normalized spacial score (nSPS) is 10.8. The Morgan fingerprint density at radius 2 is 1.55 bits per heavy atom. The molecule has 0 fully saturated rings. The lowest BCUT2D eigenvalue weighted by Crippen LogP contribution is -1.94. The van der Waals surface area contributed by atoms with Crippen molar-refractivity contribution in [1.29, 1.82) is 5.26 Å². The van der Waals surface area contributed by atoms with E-state index in [1.165, 1.54) is 16.2 Å². The molecule has 98 valence electrons. The van der Waals surface area contributed by atoms with Gasteiger partial charge in [0.2, 0.25) is 0 Å². The molecule has 0 amide bonds. The number of nitrogens with zero attached hydrogens (tertiary/aromatic N) is 2. The number of fused-ring (bicyclic) bond motifs is 3. The molecular weight excluding hydrogens is 244 g/mol. The van der Waals surface area contributed by atoms with Crippen LogP contribution in [0, 0.1) is 11.3 Å². The summed E-state index contributed by atoms with van der Waals surface area (Å²) in [5, 5.41) is 12.3. The Kier molecular flexibility index (Phi) is 3.60. The zero-order chi connectivity index (χ0) is 13.8. The molecule has 0 N–H and O–H groups in total. The first kappa shape index (κ1) is 12.6. The maximum Gasteiger partial charge on any atom is 0.0711 e. The molecule has 1 heterocycles. The predicted octanol–water partition coefficient (Wildman–Crippen LogP) is 4.62. The third-order valence-corrected chi connectivity index (χ3v) is 3.64. The fourth-order valence-corrected chi connectivity index (χ4v) is 2.66. The summed E-state index contributed by atoms with van der Waals surface area (Å²) in [5.74, 6) is 0. The zero-order valence-electron chi connectivity index (χ0n) is 11.3. The lowest BCUT2D eigenvalue weighted by molar-refractivity contribution is 0.745. The van der Waals surface area contributed by atoms with Gasteiger partial charge >= 0.3 is 0 Å². The van der Waals surface area contributed by atoms with Crippen LogP contribution in [0.2, 0.25) is 0 Å². The van der Waals surface area contributed by atoms with E-state index in [1.807, 2.05) is 6.07 Å². The van der Waals surface area contributed by atoms with Crippen LogP contribution in [-0.4, -0.2) is 4.98 Å². The van der Waals surface area contributed by atoms with Crippen LogP contribution in [-0.2, 0) is 6.42 Å². The average Bonchev–Trinajstić information content (AvgIpc) is 2.51. The van der Waals surface area contributed by atoms with Crippen LogP contribution >= 0.6 is 0 Å². The van der Waals surface area contributed by atoms with Gasteiger partial charge in [-0.15, -0.1) is 0 Å². The van der Waals surface area contributed by atoms with Crippen molar-refractivity contribution in [2.24, 2.45) is 0 Å². The molecule has 0 saturated carbocycles. The second-order valence-electron chi connectivity index (χ2n) is 4.99. The number of hydrogen-bond acceptors (Lipinski definition) is 2. The molecule has 0 spiro atoms. The summed E-state index contributed by atoms with van der Waals surface area (Å²) < 4.78 is 0. The van der Waals surface area contributed by atoms with Gasteiger partial charge in [0, 0.05) is 22.9 Å². The monoisotopic (exact) mass is 260 g/mol. The van der Waals surface area contributed by atoms with E-state index in [1.54, 1.807) is 0 Å². The molecule has 3 aromatic rings. The van der Waals surface area contributed by atoms with Gasteiger partial charge in [-0.3, -0.25) is 4.98 Å². The predicted molar refractivity (Wildman–Crippen MR) is 82.4 cm³/mol. The first-order chi connectivity index (χ1) is 9.90. The molecule has 0 saturated heterocycles. The maximum atomic E-state index is 8.61. The standard InChI is InChI=1S/C18H16N2/c19-13-7-1-2-11-17-15-9-4-3-8-14(15)16-10-5-6-12-18(16)20-17/h3-6,8-10,12H,1-2,7,11H2. The van der Waals surface area contributed by atoms with E-state index >= 15 is 0 Å². The van der Waals surface area contributed by atoms with Gasteiger partial charge in [-0.1, -0.05) is 42.5 Å². The number of benzene rings is 2. The van der Waals surface area contributed by atoms with Gasteiger partial charge in [-0.05, 0) is 30.7 Å². The highest BCUT2D eigenvalue weighted by Crippen LogP contribution is 2.27. The van der Waals surface area contributed by atoms with E-state index in [9.17, 15) is 0 Å². The van der Waals surface area contributed by atoms with E-state index in [0.29, 0.717) is 6.42 Å². The molecule has 2 nitrogen and oxygen atoms in total. The molecule has 2 aromatic carbocycles. The number of hydrogen-bond donors (Lipinski definition) is 0. The largest absolute Gasteiger partial charge is 0.252 e. The van der Waals surface area contributed by atoms with E-state index in [-0.39, 0.29) is 0 Å². The summed E-state index contributed by atoms with van der Waals surface area (Å²) in [7, 11) is 0. The van der Waals surface area contributed by atoms with Crippen molar-refractivity contribution < 1.29 is 0 Å². The second-order valence-corrected chi connectivity index (χ2v) is 4.99. The van der Waals surface area contributed by atoms with E-state index < -0.39 is 0 Å². The van der Waals surface area contributed by atoms with Gasteiger partial charge < -0.3 is 0 Å². The summed E-state index contributed by atoms with van der Waals surface area (Å²) in [6.45, 7) is 0.